The molecule has 3 heterocycles. The SMILES string of the molecule is Cc1nc2c3ccccc3nn2c(C)c1CCC(=O)Nc1ccnn1C1CCCCC1. The molecule has 160 valence electrons. The van der Waals surface area contributed by atoms with Crippen molar-refractivity contribution in [3.63, 3.8) is 0 Å². The van der Waals surface area contributed by atoms with Crippen molar-refractivity contribution in [1.82, 2.24) is 24.4 Å². The highest BCUT2D eigenvalue weighted by atomic mass is 16.1. The number of hydrogen-bond acceptors (Lipinski definition) is 4. The Kier molecular flexibility index (Phi) is 5.18. The van der Waals surface area contributed by atoms with Crippen LogP contribution in [0.15, 0.2) is 36.5 Å². The molecule has 7 heteroatoms. The number of rotatable bonds is 5. The Hall–Kier alpha value is -3.22. The maximum Gasteiger partial charge on any atom is 0.225 e. The number of fused-ring (bicyclic) bond motifs is 3. The molecule has 5 rings (SSSR count). The molecule has 1 aromatic carbocycles. The molecule has 4 aromatic rings. The predicted molar refractivity (Wildman–Crippen MR) is 121 cm³/mol. The molecule has 3 aromatic heterocycles. The van der Waals surface area contributed by atoms with Crippen molar-refractivity contribution < 1.29 is 4.79 Å². The molecule has 1 N–H and O–H groups in total. The smallest absolute Gasteiger partial charge is 0.225 e. The highest BCUT2D eigenvalue weighted by molar-refractivity contribution is 5.92. The van der Waals surface area contributed by atoms with Crippen LogP contribution < -0.4 is 5.32 Å². The van der Waals surface area contributed by atoms with Gasteiger partial charge in [0.25, 0.3) is 0 Å². The Balaban J connectivity index is 1.33. The van der Waals surface area contributed by atoms with Gasteiger partial charge in [-0.05, 0) is 50.8 Å². The third-order valence-electron chi connectivity index (χ3n) is 6.48. The maximum atomic E-state index is 12.8. The molecule has 1 amide bonds. The van der Waals surface area contributed by atoms with Crippen LogP contribution in [0.1, 0.15) is 61.5 Å². The Labute approximate surface area is 181 Å². The summed E-state index contributed by atoms with van der Waals surface area (Å²) >= 11 is 0. The number of aromatic nitrogens is 5. The average Bonchev–Trinajstić information content (AvgIpc) is 3.39. The van der Waals surface area contributed by atoms with E-state index >= 15 is 0 Å². The van der Waals surface area contributed by atoms with Crippen molar-refractivity contribution >= 4 is 28.3 Å². The Morgan fingerprint density at radius 1 is 1.13 bits per heavy atom. The van der Waals surface area contributed by atoms with E-state index in [-0.39, 0.29) is 5.91 Å². The van der Waals surface area contributed by atoms with Crippen LogP contribution in [0.2, 0.25) is 0 Å². The van der Waals surface area contributed by atoms with Gasteiger partial charge in [0.15, 0.2) is 5.65 Å². The molecule has 1 aliphatic rings. The number of carbonyl (C=O) groups excluding carboxylic acids is 1. The molecular formula is C24H28N6O. The zero-order valence-corrected chi connectivity index (χ0v) is 18.1. The van der Waals surface area contributed by atoms with Crippen LogP contribution in [0.25, 0.3) is 16.6 Å². The third-order valence-corrected chi connectivity index (χ3v) is 6.48. The topological polar surface area (TPSA) is 77.1 Å². The largest absolute Gasteiger partial charge is 0.311 e. The standard InChI is InChI=1S/C24H28N6O/c1-16-19(17(2)29-24(26-16)20-10-6-7-11-21(20)28-29)12-13-23(31)27-22-14-15-25-30(22)18-8-4-3-5-9-18/h6-7,10-11,14-15,18H,3-5,8-9,12-13H2,1-2H3,(H,27,31). The van der Waals surface area contributed by atoms with E-state index in [0.717, 1.165) is 52.2 Å². The molecular weight excluding hydrogens is 388 g/mol. The first-order chi connectivity index (χ1) is 15.1. The number of benzene rings is 1. The minimum atomic E-state index is 0.00193. The van der Waals surface area contributed by atoms with Gasteiger partial charge in [0.2, 0.25) is 5.91 Å². The fraction of sp³-hybridized carbons (Fsp3) is 0.417. The summed E-state index contributed by atoms with van der Waals surface area (Å²) in [6.07, 6.45) is 8.81. The minimum absolute atomic E-state index is 0.00193. The third kappa shape index (κ3) is 3.69. The number of anilines is 1. The predicted octanol–water partition coefficient (Wildman–Crippen LogP) is 4.77. The number of aryl methyl sites for hydroxylation is 2. The zero-order valence-electron chi connectivity index (χ0n) is 18.1. The second-order valence-corrected chi connectivity index (χ2v) is 8.51. The van der Waals surface area contributed by atoms with Gasteiger partial charge < -0.3 is 5.32 Å². The van der Waals surface area contributed by atoms with Crippen LogP contribution in [-0.4, -0.2) is 30.3 Å². The van der Waals surface area contributed by atoms with Crippen LogP contribution in [0.4, 0.5) is 5.82 Å². The van der Waals surface area contributed by atoms with E-state index in [1.165, 1.54) is 19.3 Å². The first-order valence-electron chi connectivity index (χ1n) is 11.2. The van der Waals surface area contributed by atoms with Gasteiger partial charge in [-0.1, -0.05) is 31.4 Å². The molecule has 0 bridgehead atoms. The molecule has 0 saturated heterocycles. The summed E-state index contributed by atoms with van der Waals surface area (Å²) in [4.78, 5) is 17.6. The van der Waals surface area contributed by atoms with E-state index in [1.807, 2.05) is 46.5 Å². The number of amides is 1. The Morgan fingerprint density at radius 3 is 2.77 bits per heavy atom. The molecule has 0 spiro atoms. The quantitative estimate of drug-likeness (QED) is 0.508. The van der Waals surface area contributed by atoms with Gasteiger partial charge in [0.05, 0.1) is 17.8 Å². The van der Waals surface area contributed by atoms with Gasteiger partial charge in [-0.2, -0.15) is 10.2 Å². The summed E-state index contributed by atoms with van der Waals surface area (Å²) in [5.41, 5.74) is 4.88. The maximum absolute atomic E-state index is 12.8. The van der Waals surface area contributed by atoms with Crippen molar-refractivity contribution in [1.29, 1.82) is 0 Å². The lowest BCUT2D eigenvalue weighted by Gasteiger charge is -2.23. The lowest BCUT2D eigenvalue weighted by molar-refractivity contribution is -0.116. The van der Waals surface area contributed by atoms with E-state index in [4.69, 9.17) is 10.1 Å². The molecule has 0 radical (unpaired) electrons. The van der Waals surface area contributed by atoms with E-state index in [1.54, 1.807) is 6.20 Å². The van der Waals surface area contributed by atoms with Crippen molar-refractivity contribution in [2.24, 2.45) is 0 Å². The van der Waals surface area contributed by atoms with Gasteiger partial charge >= 0.3 is 0 Å². The first kappa shape index (κ1) is 19.7. The van der Waals surface area contributed by atoms with Crippen LogP contribution in [0, 0.1) is 13.8 Å². The Morgan fingerprint density at radius 2 is 1.94 bits per heavy atom. The van der Waals surface area contributed by atoms with Gasteiger partial charge in [-0.15, -0.1) is 0 Å². The summed E-state index contributed by atoms with van der Waals surface area (Å²) in [5.74, 6) is 0.805. The number of carbonyl (C=O) groups is 1. The first-order valence-corrected chi connectivity index (χ1v) is 11.2. The average molecular weight is 417 g/mol. The zero-order chi connectivity index (χ0) is 21.4. The summed E-state index contributed by atoms with van der Waals surface area (Å²) < 4.78 is 3.90. The molecule has 7 nitrogen and oxygen atoms in total. The van der Waals surface area contributed by atoms with Crippen molar-refractivity contribution in [2.45, 2.75) is 64.8 Å². The fourth-order valence-electron chi connectivity index (χ4n) is 4.81. The van der Waals surface area contributed by atoms with E-state index < -0.39 is 0 Å². The van der Waals surface area contributed by atoms with E-state index in [0.29, 0.717) is 18.9 Å². The lowest BCUT2D eigenvalue weighted by atomic mass is 9.96. The number of nitrogens with zero attached hydrogens (tertiary/aromatic N) is 5. The second kappa shape index (κ2) is 8.13. The van der Waals surface area contributed by atoms with Crippen molar-refractivity contribution in [3.8, 4) is 0 Å². The van der Waals surface area contributed by atoms with E-state index in [2.05, 4.69) is 17.3 Å². The van der Waals surface area contributed by atoms with E-state index in [9.17, 15) is 4.79 Å². The summed E-state index contributed by atoms with van der Waals surface area (Å²) in [5, 5.41) is 13.3. The minimum Gasteiger partial charge on any atom is -0.311 e. The molecule has 0 aliphatic heterocycles. The van der Waals surface area contributed by atoms with Crippen molar-refractivity contribution in [3.05, 3.63) is 53.5 Å². The highest BCUT2D eigenvalue weighted by Gasteiger charge is 2.20. The van der Waals surface area contributed by atoms with Crippen LogP contribution in [0.5, 0.6) is 0 Å². The molecule has 31 heavy (non-hydrogen) atoms. The normalized spacial score (nSPS) is 15.0. The van der Waals surface area contributed by atoms with Crippen LogP contribution in [0.3, 0.4) is 0 Å². The molecule has 1 fully saturated rings. The van der Waals surface area contributed by atoms with Gasteiger partial charge in [-0.25, -0.2) is 14.2 Å². The summed E-state index contributed by atoms with van der Waals surface area (Å²) in [7, 11) is 0. The lowest BCUT2D eigenvalue weighted by Crippen LogP contribution is -2.20. The molecule has 0 atom stereocenters. The van der Waals surface area contributed by atoms with Crippen LogP contribution >= 0.6 is 0 Å². The number of nitrogens with one attached hydrogen (secondary N) is 1. The Bertz CT molecular complexity index is 1250. The van der Waals surface area contributed by atoms with Crippen LogP contribution in [-0.2, 0) is 11.2 Å². The van der Waals surface area contributed by atoms with Gasteiger partial charge in [-0.3, -0.25) is 4.79 Å². The fourth-order valence-corrected chi connectivity index (χ4v) is 4.81. The molecule has 1 aliphatic carbocycles. The van der Waals surface area contributed by atoms with Gasteiger partial charge in [0.1, 0.15) is 5.82 Å². The van der Waals surface area contributed by atoms with Gasteiger partial charge in [0, 0.05) is 29.3 Å². The number of hydrogen-bond donors (Lipinski definition) is 1. The van der Waals surface area contributed by atoms with Crippen molar-refractivity contribution in [2.75, 3.05) is 5.32 Å². The molecule has 0 unspecified atom stereocenters. The summed E-state index contributed by atoms with van der Waals surface area (Å²) in [6.45, 7) is 4.07. The second-order valence-electron chi connectivity index (χ2n) is 8.51. The molecule has 1 saturated carbocycles. The highest BCUT2D eigenvalue weighted by Crippen LogP contribution is 2.30. The monoisotopic (exact) mass is 416 g/mol. The summed E-state index contributed by atoms with van der Waals surface area (Å²) in [6, 6.07) is 10.3.